The van der Waals surface area contributed by atoms with Crippen molar-refractivity contribution in [3.8, 4) is 5.75 Å². The number of benzene rings is 1. The fourth-order valence-corrected chi connectivity index (χ4v) is 1.82. The van der Waals surface area contributed by atoms with E-state index >= 15 is 0 Å². The molecule has 0 saturated heterocycles. The molecule has 0 aliphatic heterocycles. The third-order valence-corrected chi connectivity index (χ3v) is 2.57. The fourth-order valence-electron chi connectivity index (χ4n) is 1.30. The average Bonchev–Trinajstić information content (AvgIpc) is 2.16. The van der Waals surface area contributed by atoms with E-state index in [1.54, 1.807) is 0 Å². The fraction of sp³-hybridized carbons (Fsp3) is 0.364. The van der Waals surface area contributed by atoms with Crippen LogP contribution in [0.2, 0.25) is 0 Å². The van der Waals surface area contributed by atoms with E-state index in [-0.39, 0.29) is 5.97 Å². The van der Waals surface area contributed by atoms with Gasteiger partial charge in [-0.25, -0.2) is 0 Å². The standard InChI is InChI=1S/C11H13BrO2/c1-3-9-4-5-11(14-8(2)13)6-10(9)7-12/h4-6H,3,7H2,1-2H3. The molecule has 0 heterocycles. The summed E-state index contributed by atoms with van der Waals surface area (Å²) in [4.78, 5) is 10.7. The zero-order valence-electron chi connectivity index (χ0n) is 8.34. The monoisotopic (exact) mass is 256 g/mol. The molecule has 1 aromatic rings. The second-order valence-electron chi connectivity index (χ2n) is 3.01. The van der Waals surface area contributed by atoms with E-state index in [1.165, 1.54) is 18.1 Å². The molecule has 2 nitrogen and oxygen atoms in total. The van der Waals surface area contributed by atoms with Gasteiger partial charge in [0, 0.05) is 12.3 Å². The van der Waals surface area contributed by atoms with Crippen LogP contribution >= 0.6 is 15.9 Å². The van der Waals surface area contributed by atoms with Crippen LogP contribution in [0.1, 0.15) is 25.0 Å². The van der Waals surface area contributed by atoms with Crippen molar-refractivity contribution in [3.05, 3.63) is 29.3 Å². The van der Waals surface area contributed by atoms with E-state index in [4.69, 9.17) is 4.74 Å². The molecule has 0 aliphatic carbocycles. The van der Waals surface area contributed by atoms with Crippen LogP contribution in [-0.2, 0) is 16.5 Å². The van der Waals surface area contributed by atoms with E-state index in [0.29, 0.717) is 5.75 Å². The number of carbonyl (C=O) groups excluding carboxylic acids is 1. The Bertz CT molecular complexity index is 334. The molecule has 0 amide bonds. The van der Waals surface area contributed by atoms with Gasteiger partial charge in [-0.2, -0.15) is 0 Å². The molecule has 0 radical (unpaired) electrons. The third-order valence-electron chi connectivity index (χ3n) is 1.96. The van der Waals surface area contributed by atoms with E-state index in [2.05, 4.69) is 22.9 Å². The predicted octanol–water partition coefficient (Wildman–Crippen LogP) is 3.07. The molecule has 3 heteroatoms. The van der Waals surface area contributed by atoms with Gasteiger partial charge in [0.1, 0.15) is 5.75 Å². The van der Waals surface area contributed by atoms with Crippen molar-refractivity contribution >= 4 is 21.9 Å². The minimum absolute atomic E-state index is 0.283. The topological polar surface area (TPSA) is 26.3 Å². The summed E-state index contributed by atoms with van der Waals surface area (Å²) < 4.78 is 5.00. The molecule has 0 atom stereocenters. The Labute approximate surface area is 92.4 Å². The molecule has 76 valence electrons. The molecule has 0 spiro atoms. The first-order valence-electron chi connectivity index (χ1n) is 4.53. The first-order chi connectivity index (χ1) is 6.67. The Hall–Kier alpha value is -0.830. The Kier molecular flexibility index (Phi) is 4.14. The number of hydrogen-bond donors (Lipinski definition) is 0. The Morgan fingerprint density at radius 2 is 2.14 bits per heavy atom. The lowest BCUT2D eigenvalue weighted by Gasteiger charge is -2.07. The number of aryl methyl sites for hydroxylation is 1. The Morgan fingerprint density at radius 1 is 1.43 bits per heavy atom. The number of halogens is 1. The number of rotatable bonds is 3. The molecule has 0 aliphatic rings. The lowest BCUT2D eigenvalue weighted by atomic mass is 10.1. The van der Waals surface area contributed by atoms with Gasteiger partial charge < -0.3 is 4.74 Å². The van der Waals surface area contributed by atoms with Crippen LogP contribution < -0.4 is 4.74 Å². The lowest BCUT2D eigenvalue weighted by Crippen LogP contribution is -2.02. The highest BCUT2D eigenvalue weighted by molar-refractivity contribution is 9.08. The molecule has 14 heavy (non-hydrogen) atoms. The molecular weight excluding hydrogens is 244 g/mol. The molecule has 0 saturated carbocycles. The van der Waals surface area contributed by atoms with Crippen LogP contribution in [0.15, 0.2) is 18.2 Å². The summed E-state index contributed by atoms with van der Waals surface area (Å²) in [5.41, 5.74) is 2.45. The number of hydrogen-bond acceptors (Lipinski definition) is 2. The van der Waals surface area contributed by atoms with Crippen LogP contribution in [-0.4, -0.2) is 5.97 Å². The molecule has 0 fully saturated rings. The minimum Gasteiger partial charge on any atom is -0.427 e. The van der Waals surface area contributed by atoms with E-state index < -0.39 is 0 Å². The highest BCUT2D eigenvalue weighted by atomic mass is 79.9. The van der Waals surface area contributed by atoms with Crippen molar-refractivity contribution in [3.63, 3.8) is 0 Å². The van der Waals surface area contributed by atoms with Gasteiger partial charge in [-0.3, -0.25) is 4.79 Å². The quantitative estimate of drug-likeness (QED) is 0.472. The average molecular weight is 257 g/mol. The second-order valence-corrected chi connectivity index (χ2v) is 3.57. The smallest absolute Gasteiger partial charge is 0.308 e. The highest BCUT2D eigenvalue weighted by Gasteiger charge is 2.03. The minimum atomic E-state index is -0.283. The van der Waals surface area contributed by atoms with Crippen molar-refractivity contribution in [2.75, 3.05) is 0 Å². The van der Waals surface area contributed by atoms with Crippen LogP contribution in [0.5, 0.6) is 5.75 Å². The van der Waals surface area contributed by atoms with Gasteiger partial charge in [-0.15, -0.1) is 0 Å². The first kappa shape index (κ1) is 11.2. The summed E-state index contributed by atoms with van der Waals surface area (Å²) in [6.45, 7) is 3.51. The van der Waals surface area contributed by atoms with Gasteiger partial charge in [-0.1, -0.05) is 28.9 Å². The molecule has 1 rings (SSSR count). The molecule has 0 bridgehead atoms. The summed E-state index contributed by atoms with van der Waals surface area (Å²) in [5.74, 6) is 0.332. The van der Waals surface area contributed by atoms with Crippen LogP contribution in [0.25, 0.3) is 0 Å². The largest absolute Gasteiger partial charge is 0.427 e. The molecule has 1 aromatic carbocycles. The SMILES string of the molecule is CCc1ccc(OC(C)=O)cc1CBr. The molecular formula is C11H13BrO2. The van der Waals surface area contributed by atoms with E-state index in [1.807, 2.05) is 18.2 Å². The van der Waals surface area contributed by atoms with Crippen molar-refractivity contribution in [1.82, 2.24) is 0 Å². The third kappa shape index (κ3) is 2.84. The molecule has 0 unspecified atom stereocenters. The van der Waals surface area contributed by atoms with Crippen LogP contribution in [0, 0.1) is 0 Å². The Balaban J connectivity index is 2.95. The zero-order valence-corrected chi connectivity index (χ0v) is 9.93. The van der Waals surface area contributed by atoms with Crippen molar-refractivity contribution in [2.24, 2.45) is 0 Å². The summed E-state index contributed by atoms with van der Waals surface area (Å²) in [6.07, 6.45) is 0.987. The number of alkyl halides is 1. The van der Waals surface area contributed by atoms with E-state index in [9.17, 15) is 4.79 Å². The summed E-state index contributed by atoms with van der Waals surface area (Å²) >= 11 is 3.41. The maximum Gasteiger partial charge on any atom is 0.308 e. The lowest BCUT2D eigenvalue weighted by molar-refractivity contribution is -0.131. The first-order valence-corrected chi connectivity index (χ1v) is 5.65. The van der Waals surface area contributed by atoms with Gasteiger partial charge in [0.25, 0.3) is 0 Å². The van der Waals surface area contributed by atoms with Crippen molar-refractivity contribution in [2.45, 2.75) is 25.6 Å². The maximum atomic E-state index is 10.7. The van der Waals surface area contributed by atoms with Crippen LogP contribution in [0.4, 0.5) is 0 Å². The summed E-state index contributed by atoms with van der Waals surface area (Å²) in [7, 11) is 0. The summed E-state index contributed by atoms with van der Waals surface area (Å²) in [5, 5.41) is 0.783. The predicted molar refractivity (Wildman–Crippen MR) is 59.8 cm³/mol. The van der Waals surface area contributed by atoms with Crippen LogP contribution in [0.3, 0.4) is 0 Å². The number of esters is 1. The molecule has 0 N–H and O–H groups in total. The van der Waals surface area contributed by atoms with Gasteiger partial charge in [0.05, 0.1) is 0 Å². The number of carbonyl (C=O) groups is 1. The maximum absolute atomic E-state index is 10.7. The zero-order chi connectivity index (χ0) is 10.6. The number of ether oxygens (including phenoxy) is 1. The molecule has 0 aromatic heterocycles. The summed E-state index contributed by atoms with van der Waals surface area (Å²) in [6, 6.07) is 5.72. The van der Waals surface area contributed by atoms with Gasteiger partial charge in [0.2, 0.25) is 0 Å². The van der Waals surface area contributed by atoms with E-state index in [0.717, 1.165) is 11.8 Å². The Morgan fingerprint density at radius 3 is 2.64 bits per heavy atom. The second kappa shape index (κ2) is 5.15. The van der Waals surface area contributed by atoms with Gasteiger partial charge in [0.15, 0.2) is 0 Å². The highest BCUT2D eigenvalue weighted by Crippen LogP contribution is 2.20. The van der Waals surface area contributed by atoms with Gasteiger partial charge >= 0.3 is 5.97 Å². The van der Waals surface area contributed by atoms with Crippen molar-refractivity contribution < 1.29 is 9.53 Å². The van der Waals surface area contributed by atoms with Gasteiger partial charge in [-0.05, 0) is 29.7 Å². The van der Waals surface area contributed by atoms with Crippen molar-refractivity contribution in [1.29, 1.82) is 0 Å². The normalized spacial score (nSPS) is 9.93.